The molecular weight excluding hydrogens is 455 g/mol. The smallest absolute Gasteiger partial charge is 0.416 e. The average molecular weight is 492 g/mol. The van der Waals surface area contributed by atoms with Gasteiger partial charge in [0.05, 0.1) is 11.6 Å². The third-order valence-electron chi connectivity index (χ3n) is 6.33. The fourth-order valence-electron chi connectivity index (χ4n) is 4.11. The largest absolute Gasteiger partial charge is 0.474 e. The second kappa shape index (κ2) is 13.9. The molecule has 0 heterocycles. The lowest BCUT2D eigenvalue weighted by atomic mass is 10.0. The molecule has 1 atom stereocenters. The van der Waals surface area contributed by atoms with Crippen LogP contribution in [0.3, 0.4) is 0 Å². The van der Waals surface area contributed by atoms with Crippen molar-refractivity contribution in [3.8, 4) is 0 Å². The Morgan fingerprint density at radius 3 is 1.86 bits per heavy atom. The van der Waals surface area contributed by atoms with E-state index in [1.807, 2.05) is 24.3 Å². The number of carboxylic acid groups (broad SMARTS) is 1. The zero-order valence-corrected chi connectivity index (χ0v) is 20.6. The molecule has 0 bridgehead atoms. The summed E-state index contributed by atoms with van der Waals surface area (Å²) in [4.78, 5) is 25.0. The Hall–Kier alpha value is -2.83. The van der Waals surface area contributed by atoms with Crippen LogP contribution in [0, 0.1) is 0 Å². The summed E-state index contributed by atoms with van der Waals surface area (Å²) in [6, 6.07) is 11.5. The van der Waals surface area contributed by atoms with Crippen molar-refractivity contribution >= 4 is 11.9 Å². The highest BCUT2D eigenvalue weighted by molar-refractivity contribution is 6.31. The molecule has 2 aromatic rings. The maximum Gasteiger partial charge on any atom is 0.416 e. The first-order valence-corrected chi connectivity index (χ1v) is 12.4. The lowest BCUT2D eigenvalue weighted by molar-refractivity contribution is -0.157. The van der Waals surface area contributed by atoms with Crippen molar-refractivity contribution in [1.82, 2.24) is 4.90 Å². The van der Waals surface area contributed by atoms with E-state index in [0.717, 1.165) is 30.5 Å². The molecule has 4 nitrogen and oxygen atoms in total. The number of aliphatic carboxylic acids is 1. The molecular formula is C28H36F3NO3. The Labute approximate surface area is 206 Å². The summed E-state index contributed by atoms with van der Waals surface area (Å²) in [5.74, 6) is -2.70. The molecule has 1 unspecified atom stereocenters. The van der Waals surface area contributed by atoms with Gasteiger partial charge in [-0.3, -0.25) is 4.79 Å². The summed E-state index contributed by atoms with van der Waals surface area (Å²) >= 11 is 0. The van der Waals surface area contributed by atoms with Crippen molar-refractivity contribution < 1.29 is 27.9 Å². The monoisotopic (exact) mass is 491 g/mol. The van der Waals surface area contributed by atoms with Crippen molar-refractivity contribution in [1.29, 1.82) is 0 Å². The fraction of sp³-hybridized carbons (Fsp3) is 0.500. The standard InChI is InChI=1S/C28H36F3NO3/c1-3-4-5-6-7-8-9-10-11-22-12-14-23(15-13-22)20-32(26(33)27(34)35)21(2)24-16-18-25(19-17-24)28(29,30)31/h12-19,21H,3-11,20H2,1-2H3,(H,34,35). The quantitative estimate of drug-likeness (QED) is 0.232. The minimum Gasteiger partial charge on any atom is -0.474 e. The lowest BCUT2D eigenvalue weighted by Crippen LogP contribution is -2.38. The van der Waals surface area contributed by atoms with Gasteiger partial charge in [0.1, 0.15) is 0 Å². The van der Waals surface area contributed by atoms with Gasteiger partial charge in [-0.25, -0.2) is 4.79 Å². The van der Waals surface area contributed by atoms with Gasteiger partial charge >= 0.3 is 18.1 Å². The van der Waals surface area contributed by atoms with Gasteiger partial charge in [0.2, 0.25) is 0 Å². The van der Waals surface area contributed by atoms with E-state index in [1.165, 1.54) is 67.5 Å². The van der Waals surface area contributed by atoms with E-state index >= 15 is 0 Å². The second-order valence-electron chi connectivity index (χ2n) is 9.08. The number of benzene rings is 2. The molecule has 0 saturated heterocycles. The molecule has 0 aliphatic rings. The van der Waals surface area contributed by atoms with Gasteiger partial charge in [-0.1, -0.05) is 88.3 Å². The highest BCUT2D eigenvalue weighted by Crippen LogP contribution is 2.31. The number of hydrogen-bond acceptors (Lipinski definition) is 2. The third-order valence-corrected chi connectivity index (χ3v) is 6.33. The number of halogens is 3. The van der Waals surface area contributed by atoms with Crippen LogP contribution in [0.5, 0.6) is 0 Å². The average Bonchev–Trinajstić information content (AvgIpc) is 2.83. The molecule has 0 fully saturated rings. The minimum atomic E-state index is -4.46. The fourth-order valence-corrected chi connectivity index (χ4v) is 4.11. The summed E-state index contributed by atoms with van der Waals surface area (Å²) in [7, 11) is 0. The van der Waals surface area contributed by atoms with Gasteiger partial charge in [0.15, 0.2) is 0 Å². The summed E-state index contributed by atoms with van der Waals surface area (Å²) in [5.41, 5.74) is 1.58. The Bertz CT molecular complexity index is 924. The van der Waals surface area contributed by atoms with Crippen LogP contribution in [-0.2, 0) is 28.7 Å². The first-order valence-electron chi connectivity index (χ1n) is 12.4. The number of aryl methyl sites for hydroxylation is 1. The molecule has 0 radical (unpaired) electrons. The zero-order chi connectivity index (χ0) is 25.8. The van der Waals surface area contributed by atoms with E-state index < -0.39 is 29.7 Å². The molecule has 192 valence electrons. The lowest BCUT2D eigenvalue weighted by Gasteiger charge is -2.28. The van der Waals surface area contributed by atoms with E-state index in [1.54, 1.807) is 6.92 Å². The van der Waals surface area contributed by atoms with E-state index in [-0.39, 0.29) is 6.54 Å². The number of carboxylic acids is 1. The first kappa shape index (κ1) is 28.4. The number of carbonyl (C=O) groups excluding carboxylic acids is 1. The van der Waals surface area contributed by atoms with Crippen molar-refractivity contribution in [2.45, 2.75) is 90.4 Å². The number of amides is 1. The van der Waals surface area contributed by atoms with Gasteiger partial charge in [0, 0.05) is 6.54 Å². The molecule has 7 heteroatoms. The Morgan fingerprint density at radius 1 is 0.829 bits per heavy atom. The van der Waals surface area contributed by atoms with Gasteiger partial charge in [-0.05, 0) is 48.6 Å². The molecule has 0 aromatic heterocycles. The van der Waals surface area contributed by atoms with Crippen LogP contribution in [0.4, 0.5) is 13.2 Å². The van der Waals surface area contributed by atoms with Gasteiger partial charge in [0.25, 0.3) is 0 Å². The summed E-state index contributed by atoms with van der Waals surface area (Å²) in [6.07, 6.45) is 6.52. The highest BCUT2D eigenvalue weighted by Gasteiger charge is 2.31. The minimum absolute atomic E-state index is 0.0470. The van der Waals surface area contributed by atoms with Crippen LogP contribution >= 0.6 is 0 Å². The summed E-state index contributed by atoms with van der Waals surface area (Å²) in [5, 5.41) is 9.28. The molecule has 2 rings (SSSR count). The van der Waals surface area contributed by atoms with Crippen molar-refractivity contribution in [2.75, 3.05) is 0 Å². The molecule has 0 saturated carbocycles. The van der Waals surface area contributed by atoms with E-state index in [0.29, 0.717) is 5.56 Å². The summed E-state index contributed by atoms with van der Waals surface area (Å²) in [6.45, 7) is 3.87. The number of hydrogen-bond donors (Lipinski definition) is 1. The molecule has 0 aliphatic carbocycles. The molecule has 1 amide bonds. The first-order chi connectivity index (χ1) is 16.6. The molecule has 1 N–H and O–H groups in total. The van der Waals surface area contributed by atoms with Crippen LogP contribution < -0.4 is 0 Å². The Balaban J connectivity index is 1.97. The van der Waals surface area contributed by atoms with Crippen LogP contribution in [0.1, 0.15) is 93.5 Å². The predicted molar refractivity (Wildman–Crippen MR) is 131 cm³/mol. The van der Waals surface area contributed by atoms with Gasteiger partial charge < -0.3 is 10.0 Å². The van der Waals surface area contributed by atoms with Crippen LogP contribution in [0.15, 0.2) is 48.5 Å². The predicted octanol–water partition coefficient (Wildman–Crippen LogP) is 7.56. The van der Waals surface area contributed by atoms with Crippen molar-refractivity contribution in [3.05, 3.63) is 70.8 Å². The third kappa shape index (κ3) is 9.38. The Kier molecular flexibility index (Phi) is 11.3. The molecule has 2 aromatic carbocycles. The van der Waals surface area contributed by atoms with Crippen LogP contribution in [-0.4, -0.2) is 21.9 Å². The molecule has 35 heavy (non-hydrogen) atoms. The van der Waals surface area contributed by atoms with Crippen LogP contribution in [0.25, 0.3) is 0 Å². The van der Waals surface area contributed by atoms with E-state index in [2.05, 4.69) is 6.92 Å². The topological polar surface area (TPSA) is 57.6 Å². The number of alkyl halides is 3. The zero-order valence-electron chi connectivity index (χ0n) is 20.6. The highest BCUT2D eigenvalue weighted by atomic mass is 19.4. The molecule has 0 spiro atoms. The van der Waals surface area contributed by atoms with Crippen molar-refractivity contribution in [3.63, 3.8) is 0 Å². The van der Waals surface area contributed by atoms with Crippen molar-refractivity contribution in [2.24, 2.45) is 0 Å². The van der Waals surface area contributed by atoms with E-state index in [9.17, 15) is 27.9 Å². The normalized spacial score (nSPS) is 12.4. The van der Waals surface area contributed by atoms with Crippen LogP contribution in [0.2, 0.25) is 0 Å². The number of nitrogens with zero attached hydrogens (tertiary/aromatic N) is 1. The maximum absolute atomic E-state index is 12.9. The Morgan fingerprint density at radius 2 is 1.34 bits per heavy atom. The number of unbranched alkanes of at least 4 members (excludes halogenated alkanes) is 7. The summed E-state index contributed by atoms with van der Waals surface area (Å²) < 4.78 is 38.6. The van der Waals surface area contributed by atoms with Gasteiger partial charge in [-0.2, -0.15) is 13.2 Å². The second-order valence-corrected chi connectivity index (χ2v) is 9.08. The van der Waals surface area contributed by atoms with Gasteiger partial charge in [-0.15, -0.1) is 0 Å². The number of carbonyl (C=O) groups is 2. The SMILES string of the molecule is CCCCCCCCCCc1ccc(CN(C(=O)C(=O)O)C(C)c2ccc(C(F)(F)F)cc2)cc1. The van der Waals surface area contributed by atoms with E-state index in [4.69, 9.17) is 0 Å². The number of rotatable bonds is 13. The maximum atomic E-state index is 12.9. The molecule has 0 aliphatic heterocycles.